The molecule has 2 N–H and O–H groups in total. The molecule has 9 heteroatoms. The minimum absolute atomic E-state index is 0.0246. The Morgan fingerprint density at radius 1 is 1.42 bits per heavy atom. The van der Waals surface area contributed by atoms with E-state index in [0.717, 1.165) is 0 Å². The number of rotatable bonds is 8. The Bertz CT molecular complexity index is 715. The van der Waals surface area contributed by atoms with E-state index in [1.54, 1.807) is 6.92 Å². The van der Waals surface area contributed by atoms with Gasteiger partial charge in [-0.2, -0.15) is 0 Å². The minimum atomic E-state index is -0.876. The summed E-state index contributed by atoms with van der Waals surface area (Å²) >= 11 is 0. The second kappa shape index (κ2) is 8.13. The third-order valence-corrected chi connectivity index (χ3v) is 4.72. The number of nitro groups is 1. The number of methoxy groups -OCH3 is 1. The number of carboxylic acids is 1. The summed E-state index contributed by atoms with van der Waals surface area (Å²) in [7, 11) is 1.39. The van der Waals surface area contributed by atoms with Crippen LogP contribution in [0.3, 0.4) is 0 Å². The molecule has 0 atom stereocenters. The fourth-order valence-electron chi connectivity index (χ4n) is 3.15. The van der Waals surface area contributed by atoms with Crippen molar-refractivity contribution in [3.8, 4) is 5.75 Å². The first-order chi connectivity index (χ1) is 12.3. The summed E-state index contributed by atoms with van der Waals surface area (Å²) in [5.41, 5.74) is 0.366. The summed E-state index contributed by atoms with van der Waals surface area (Å²) < 4.78 is 5.13. The zero-order valence-corrected chi connectivity index (χ0v) is 15.0. The van der Waals surface area contributed by atoms with Gasteiger partial charge in [0.05, 0.1) is 24.1 Å². The van der Waals surface area contributed by atoms with Crippen LogP contribution in [0.25, 0.3) is 0 Å². The first-order valence-electron chi connectivity index (χ1n) is 8.36. The maximum atomic E-state index is 12.4. The van der Waals surface area contributed by atoms with E-state index in [9.17, 15) is 19.7 Å². The third kappa shape index (κ3) is 4.29. The fraction of sp³-hybridized carbons (Fsp3) is 0.529. The highest BCUT2D eigenvalue weighted by atomic mass is 16.6. The molecule has 0 unspecified atom stereocenters. The summed E-state index contributed by atoms with van der Waals surface area (Å²) in [5, 5.41) is 22.9. The lowest BCUT2D eigenvalue weighted by Gasteiger charge is -2.42. The van der Waals surface area contributed by atoms with Crippen LogP contribution < -0.4 is 10.1 Å². The number of nitrogens with one attached hydrogen (secondary N) is 1. The van der Waals surface area contributed by atoms with Gasteiger partial charge >= 0.3 is 5.97 Å². The predicted molar refractivity (Wildman–Crippen MR) is 93.5 cm³/mol. The van der Waals surface area contributed by atoms with Crippen molar-refractivity contribution in [2.24, 2.45) is 0 Å². The molecule has 1 aliphatic carbocycles. The van der Waals surface area contributed by atoms with Crippen molar-refractivity contribution >= 4 is 17.6 Å². The Labute approximate surface area is 151 Å². The van der Waals surface area contributed by atoms with Crippen molar-refractivity contribution in [1.82, 2.24) is 10.2 Å². The van der Waals surface area contributed by atoms with Gasteiger partial charge in [0, 0.05) is 23.7 Å². The van der Waals surface area contributed by atoms with Crippen LogP contribution in [0.15, 0.2) is 12.1 Å². The molecular weight excluding hydrogens is 342 g/mol. The molecule has 0 bridgehead atoms. The Balaban J connectivity index is 2.02. The summed E-state index contributed by atoms with van der Waals surface area (Å²) in [6, 6.07) is 2.76. The molecule has 0 heterocycles. The van der Waals surface area contributed by atoms with E-state index in [4.69, 9.17) is 9.84 Å². The normalized spacial score (nSPS) is 18.9. The molecule has 1 aliphatic rings. The third-order valence-electron chi connectivity index (χ3n) is 4.72. The predicted octanol–water partition coefficient (Wildman–Crippen LogP) is 1.58. The number of amides is 1. The second-order valence-corrected chi connectivity index (χ2v) is 6.33. The van der Waals surface area contributed by atoms with Crippen molar-refractivity contribution < 1.29 is 24.4 Å². The lowest BCUT2D eigenvalue weighted by atomic mass is 9.85. The van der Waals surface area contributed by atoms with Gasteiger partial charge in [-0.25, -0.2) is 0 Å². The summed E-state index contributed by atoms with van der Waals surface area (Å²) in [6.07, 6.45) is 1.30. The van der Waals surface area contributed by atoms with Gasteiger partial charge in [-0.05, 0) is 32.4 Å². The Morgan fingerprint density at radius 2 is 2.08 bits per heavy atom. The van der Waals surface area contributed by atoms with Gasteiger partial charge in [0.1, 0.15) is 5.75 Å². The van der Waals surface area contributed by atoms with Crippen LogP contribution in [-0.2, 0) is 4.79 Å². The van der Waals surface area contributed by atoms with E-state index in [1.165, 1.54) is 19.2 Å². The number of hydrogen-bond donors (Lipinski definition) is 2. The molecule has 1 amide bonds. The Hall–Kier alpha value is -2.68. The number of nitrogens with zero attached hydrogens (tertiary/aromatic N) is 2. The first-order valence-corrected chi connectivity index (χ1v) is 8.36. The Morgan fingerprint density at radius 3 is 2.58 bits per heavy atom. The lowest BCUT2D eigenvalue weighted by Crippen LogP contribution is -2.54. The molecule has 0 aliphatic heterocycles. The quantitative estimate of drug-likeness (QED) is 0.530. The van der Waals surface area contributed by atoms with Crippen LogP contribution in [0.1, 0.15) is 35.7 Å². The highest BCUT2D eigenvalue weighted by Crippen LogP contribution is 2.30. The average molecular weight is 365 g/mol. The van der Waals surface area contributed by atoms with Crippen LogP contribution in [-0.4, -0.2) is 59.1 Å². The molecule has 0 saturated heterocycles. The number of hydrogen-bond acceptors (Lipinski definition) is 6. The van der Waals surface area contributed by atoms with E-state index in [2.05, 4.69) is 5.32 Å². The van der Waals surface area contributed by atoms with Gasteiger partial charge in [-0.15, -0.1) is 0 Å². The molecular formula is C17H23N3O6. The van der Waals surface area contributed by atoms with Crippen LogP contribution in [0.5, 0.6) is 5.75 Å². The molecule has 0 radical (unpaired) electrons. The summed E-state index contributed by atoms with van der Waals surface area (Å²) in [4.78, 5) is 35.8. The van der Waals surface area contributed by atoms with Crippen molar-refractivity contribution in [3.63, 3.8) is 0 Å². The van der Waals surface area contributed by atoms with E-state index in [-0.39, 0.29) is 35.6 Å². The topological polar surface area (TPSA) is 122 Å². The van der Waals surface area contributed by atoms with Crippen molar-refractivity contribution in [2.75, 3.05) is 20.2 Å². The molecule has 0 aromatic heterocycles. The van der Waals surface area contributed by atoms with Gasteiger partial charge in [-0.3, -0.25) is 24.6 Å². The highest BCUT2D eigenvalue weighted by molar-refractivity contribution is 5.96. The number of carbonyl (C=O) groups is 2. The average Bonchev–Trinajstić information content (AvgIpc) is 2.55. The number of likely N-dealkylation sites (N-methyl/N-ethyl adjacent to an activating group) is 1. The Kier molecular flexibility index (Phi) is 6.14. The molecule has 1 fully saturated rings. The van der Waals surface area contributed by atoms with Gasteiger partial charge in [0.15, 0.2) is 0 Å². The molecule has 1 saturated carbocycles. The molecule has 26 heavy (non-hydrogen) atoms. The van der Waals surface area contributed by atoms with Gasteiger partial charge in [0.25, 0.3) is 11.6 Å². The van der Waals surface area contributed by atoms with Crippen LogP contribution >= 0.6 is 0 Å². The highest BCUT2D eigenvalue weighted by Gasteiger charge is 2.35. The lowest BCUT2D eigenvalue weighted by molar-refractivity contribution is -0.385. The first kappa shape index (κ1) is 19.6. The van der Waals surface area contributed by atoms with Gasteiger partial charge in [-0.1, -0.05) is 6.92 Å². The zero-order chi connectivity index (χ0) is 19.4. The monoisotopic (exact) mass is 365 g/mol. The molecule has 0 spiro atoms. The number of aliphatic carboxylic acids is 1. The van der Waals surface area contributed by atoms with Crippen molar-refractivity contribution in [1.29, 1.82) is 0 Å². The number of carboxylic acid groups (broad SMARTS) is 1. The van der Waals surface area contributed by atoms with E-state index in [1.807, 2.05) is 11.8 Å². The zero-order valence-electron chi connectivity index (χ0n) is 15.0. The molecule has 1 aromatic carbocycles. The van der Waals surface area contributed by atoms with Gasteiger partial charge < -0.3 is 15.2 Å². The fourth-order valence-corrected chi connectivity index (χ4v) is 3.15. The maximum Gasteiger partial charge on any atom is 0.317 e. The van der Waals surface area contributed by atoms with Crippen LogP contribution in [0.4, 0.5) is 5.69 Å². The second-order valence-electron chi connectivity index (χ2n) is 6.33. The van der Waals surface area contributed by atoms with Gasteiger partial charge in [0.2, 0.25) is 0 Å². The number of nitro benzene ring substituents is 1. The molecule has 142 valence electrons. The standard InChI is InChI=1S/C17H23N3O6/c1-4-19(9-16(21)22)13-7-12(8-13)18-17(23)11-5-14(20(24)25)10(2)15(6-11)26-3/h5-6,12-13H,4,7-9H2,1-3H3,(H,18,23)(H,21,22). The smallest absolute Gasteiger partial charge is 0.317 e. The number of benzene rings is 1. The van der Waals surface area contributed by atoms with Crippen molar-refractivity contribution in [2.45, 2.75) is 38.8 Å². The molecule has 9 nitrogen and oxygen atoms in total. The SMILES string of the molecule is CCN(CC(=O)O)C1CC(NC(=O)c2cc(OC)c(C)c([N+](=O)[O-])c2)C1. The molecule has 2 rings (SSSR count). The van der Waals surface area contributed by atoms with E-state index < -0.39 is 16.8 Å². The summed E-state index contributed by atoms with van der Waals surface area (Å²) in [5.74, 6) is -0.996. The van der Waals surface area contributed by atoms with Crippen molar-refractivity contribution in [3.05, 3.63) is 33.4 Å². The van der Waals surface area contributed by atoms with E-state index in [0.29, 0.717) is 24.9 Å². The number of carbonyl (C=O) groups excluding carboxylic acids is 1. The molecule has 1 aromatic rings. The largest absolute Gasteiger partial charge is 0.496 e. The van der Waals surface area contributed by atoms with Crippen LogP contribution in [0.2, 0.25) is 0 Å². The van der Waals surface area contributed by atoms with E-state index >= 15 is 0 Å². The number of ether oxygens (including phenoxy) is 1. The summed E-state index contributed by atoms with van der Waals surface area (Å²) in [6.45, 7) is 4.06. The van der Waals surface area contributed by atoms with Crippen LogP contribution in [0, 0.1) is 17.0 Å². The minimum Gasteiger partial charge on any atom is -0.496 e. The maximum absolute atomic E-state index is 12.4.